The molecule has 5 aromatic rings. The number of aryl methyl sites for hydroxylation is 1. The summed E-state index contributed by atoms with van der Waals surface area (Å²) in [6.45, 7) is 7.16. The lowest BCUT2D eigenvalue weighted by Gasteiger charge is -2.13. The molecule has 3 aromatic heterocycles. The number of pyridine rings is 2. The molecular weight excluding hydrogens is 546 g/mol. The molecule has 206 valence electrons. The molecule has 0 aliphatic rings. The molecule has 0 atom stereocenters. The Kier molecular flexibility index (Phi) is 8.83. The number of halogens is 1. The number of carbonyl (C=O) groups is 1. The van der Waals surface area contributed by atoms with E-state index in [1.165, 1.54) is 11.3 Å². The number of aliphatic carboxylic acids is 1. The van der Waals surface area contributed by atoms with Crippen molar-refractivity contribution >= 4 is 39.1 Å². The summed E-state index contributed by atoms with van der Waals surface area (Å²) >= 11 is 7.65. The maximum Gasteiger partial charge on any atom is 0.307 e. The van der Waals surface area contributed by atoms with Crippen molar-refractivity contribution < 1.29 is 19.7 Å². The van der Waals surface area contributed by atoms with E-state index in [1.54, 1.807) is 40.3 Å². The number of methoxy groups -OCH3 is 1. The quantitative estimate of drug-likeness (QED) is 0.216. The molecule has 7 nitrogen and oxygen atoms in total. The second-order valence-electron chi connectivity index (χ2n) is 10.2. The average Bonchev–Trinajstić information content (AvgIpc) is 3.32. The highest BCUT2D eigenvalue weighted by atomic mass is 35.5. The van der Waals surface area contributed by atoms with E-state index >= 15 is 0 Å². The summed E-state index contributed by atoms with van der Waals surface area (Å²) in [5.41, 5.74) is 6.19. The third kappa shape index (κ3) is 7.01. The summed E-state index contributed by atoms with van der Waals surface area (Å²) in [5.74, 6) is -0.378. The first kappa shape index (κ1) is 29.1. The van der Waals surface area contributed by atoms with Crippen molar-refractivity contribution in [3.8, 4) is 38.8 Å². The zero-order valence-electron chi connectivity index (χ0n) is 22.9. The number of aliphatic hydroxyl groups is 1. The molecule has 9 heteroatoms. The van der Waals surface area contributed by atoms with E-state index in [1.807, 2.05) is 61.5 Å². The van der Waals surface area contributed by atoms with Gasteiger partial charge in [-0.05, 0) is 86.8 Å². The molecule has 0 saturated heterocycles. The standard InChI is InChI=1S/C27H20ClN3O3S.C4H10O/c1-15-12-22-25(24(20(15)14-23(32)33)16-5-7-18(28)8-6-16)35-27(31-22)17-9-11-29-21(13-17)19-4-3-10-30-26(19)34-2;1-4(2,3)5/h3-13H,14H2,1-2H3,(H,32,33);5H,1-3H3. The minimum atomic E-state index is -0.878. The summed E-state index contributed by atoms with van der Waals surface area (Å²) in [7, 11) is 1.58. The molecule has 0 aliphatic heterocycles. The monoisotopic (exact) mass is 575 g/mol. The van der Waals surface area contributed by atoms with Gasteiger partial charge >= 0.3 is 5.97 Å². The molecule has 0 spiro atoms. The Morgan fingerprint density at radius 3 is 2.38 bits per heavy atom. The zero-order valence-corrected chi connectivity index (χ0v) is 24.5. The van der Waals surface area contributed by atoms with Crippen LogP contribution >= 0.6 is 22.9 Å². The highest BCUT2D eigenvalue weighted by Crippen LogP contribution is 2.41. The fraction of sp³-hybridized carbons (Fsp3) is 0.226. The van der Waals surface area contributed by atoms with Gasteiger partial charge in [-0.1, -0.05) is 23.7 Å². The van der Waals surface area contributed by atoms with Gasteiger partial charge in [0, 0.05) is 28.5 Å². The number of rotatable bonds is 6. The Hall–Kier alpha value is -3.85. The molecule has 0 bridgehead atoms. The third-order valence-electron chi connectivity index (χ3n) is 5.72. The van der Waals surface area contributed by atoms with Crippen LogP contribution in [0.4, 0.5) is 0 Å². The van der Waals surface area contributed by atoms with Crippen LogP contribution < -0.4 is 4.74 Å². The van der Waals surface area contributed by atoms with Gasteiger partial charge in [0.15, 0.2) is 0 Å². The first-order valence-corrected chi connectivity index (χ1v) is 13.7. The predicted molar refractivity (Wildman–Crippen MR) is 161 cm³/mol. The van der Waals surface area contributed by atoms with Gasteiger partial charge in [-0.15, -0.1) is 11.3 Å². The van der Waals surface area contributed by atoms with Gasteiger partial charge < -0.3 is 14.9 Å². The number of hydrogen-bond acceptors (Lipinski definition) is 7. The number of thiazole rings is 1. The first-order valence-electron chi connectivity index (χ1n) is 12.5. The van der Waals surface area contributed by atoms with Crippen molar-refractivity contribution in [1.29, 1.82) is 0 Å². The van der Waals surface area contributed by atoms with Crippen LogP contribution in [0.1, 0.15) is 31.9 Å². The first-order chi connectivity index (χ1) is 18.9. The van der Waals surface area contributed by atoms with Crippen molar-refractivity contribution in [1.82, 2.24) is 15.0 Å². The normalized spacial score (nSPS) is 11.2. The van der Waals surface area contributed by atoms with Gasteiger partial charge in [0.2, 0.25) is 5.88 Å². The largest absolute Gasteiger partial charge is 0.481 e. The van der Waals surface area contributed by atoms with E-state index in [9.17, 15) is 9.90 Å². The van der Waals surface area contributed by atoms with Crippen LogP contribution in [0.25, 0.3) is 43.2 Å². The minimum Gasteiger partial charge on any atom is -0.481 e. The summed E-state index contributed by atoms with van der Waals surface area (Å²) in [6, 6.07) is 17.1. The summed E-state index contributed by atoms with van der Waals surface area (Å²) in [5, 5.41) is 19.5. The molecular formula is C31H30ClN3O4S. The van der Waals surface area contributed by atoms with E-state index in [0.717, 1.165) is 54.3 Å². The van der Waals surface area contributed by atoms with E-state index in [0.29, 0.717) is 10.9 Å². The molecule has 0 amide bonds. The van der Waals surface area contributed by atoms with Crippen molar-refractivity contribution in [2.24, 2.45) is 0 Å². The second kappa shape index (κ2) is 12.1. The van der Waals surface area contributed by atoms with Gasteiger partial charge in [-0.3, -0.25) is 9.78 Å². The van der Waals surface area contributed by atoms with Gasteiger partial charge in [0.25, 0.3) is 0 Å². The maximum atomic E-state index is 11.7. The van der Waals surface area contributed by atoms with Crippen LogP contribution in [0.15, 0.2) is 67.0 Å². The van der Waals surface area contributed by atoms with E-state index < -0.39 is 11.6 Å². The smallest absolute Gasteiger partial charge is 0.307 e. The zero-order chi connectivity index (χ0) is 29.0. The molecule has 0 fully saturated rings. The van der Waals surface area contributed by atoms with Gasteiger partial charge in [0.1, 0.15) is 5.01 Å². The average molecular weight is 576 g/mol. The molecule has 0 aliphatic carbocycles. The number of nitrogens with zero attached hydrogens (tertiary/aromatic N) is 3. The Balaban J connectivity index is 0.000000681. The maximum absolute atomic E-state index is 11.7. The predicted octanol–water partition coefficient (Wildman–Crippen LogP) is 7.46. The highest BCUT2D eigenvalue weighted by molar-refractivity contribution is 7.22. The van der Waals surface area contributed by atoms with Crippen LogP contribution in [-0.2, 0) is 11.2 Å². The van der Waals surface area contributed by atoms with E-state index in [-0.39, 0.29) is 6.42 Å². The molecule has 0 unspecified atom stereocenters. The molecule has 2 aromatic carbocycles. The topological polar surface area (TPSA) is 105 Å². The van der Waals surface area contributed by atoms with Crippen LogP contribution in [0.2, 0.25) is 5.02 Å². The van der Waals surface area contributed by atoms with Crippen molar-refractivity contribution in [2.45, 2.75) is 39.7 Å². The van der Waals surface area contributed by atoms with Crippen molar-refractivity contribution in [2.75, 3.05) is 7.11 Å². The number of aromatic nitrogens is 3. The van der Waals surface area contributed by atoms with Crippen LogP contribution in [0, 0.1) is 6.92 Å². The molecule has 5 rings (SSSR count). The number of hydrogen-bond donors (Lipinski definition) is 2. The van der Waals surface area contributed by atoms with E-state index in [4.69, 9.17) is 26.4 Å². The van der Waals surface area contributed by atoms with Gasteiger partial charge in [-0.25, -0.2) is 9.97 Å². The van der Waals surface area contributed by atoms with Crippen LogP contribution in [0.3, 0.4) is 0 Å². The number of carboxylic acid groups (broad SMARTS) is 1. The summed E-state index contributed by atoms with van der Waals surface area (Å²) in [6.07, 6.45) is 3.34. The Morgan fingerprint density at radius 2 is 1.73 bits per heavy atom. The van der Waals surface area contributed by atoms with Crippen LogP contribution in [-0.4, -0.2) is 43.8 Å². The highest BCUT2D eigenvalue weighted by Gasteiger charge is 2.20. The summed E-state index contributed by atoms with van der Waals surface area (Å²) in [4.78, 5) is 25.4. The lowest BCUT2D eigenvalue weighted by molar-refractivity contribution is -0.136. The minimum absolute atomic E-state index is 0.0762. The van der Waals surface area contributed by atoms with E-state index in [2.05, 4.69) is 9.97 Å². The number of benzene rings is 2. The Bertz CT molecular complexity index is 1650. The fourth-order valence-electron chi connectivity index (χ4n) is 4.12. The van der Waals surface area contributed by atoms with Gasteiger partial charge in [0.05, 0.1) is 40.6 Å². The Labute approximate surface area is 242 Å². The molecule has 2 N–H and O–H groups in total. The number of fused-ring (bicyclic) bond motifs is 1. The van der Waals surface area contributed by atoms with Crippen molar-refractivity contribution in [3.05, 3.63) is 83.1 Å². The molecule has 40 heavy (non-hydrogen) atoms. The summed E-state index contributed by atoms with van der Waals surface area (Å²) < 4.78 is 6.33. The SMILES string of the molecule is CC(C)(C)O.COc1ncccc1-c1cc(-c2nc3cc(C)c(CC(=O)O)c(-c4ccc(Cl)cc4)c3s2)ccn1. The molecule has 0 radical (unpaired) electrons. The number of carboxylic acids is 1. The second-order valence-corrected chi connectivity index (χ2v) is 11.6. The third-order valence-corrected chi connectivity index (χ3v) is 7.11. The van der Waals surface area contributed by atoms with Crippen molar-refractivity contribution in [3.63, 3.8) is 0 Å². The fourth-order valence-corrected chi connectivity index (χ4v) is 5.38. The van der Waals surface area contributed by atoms with Crippen LogP contribution in [0.5, 0.6) is 5.88 Å². The lowest BCUT2D eigenvalue weighted by atomic mass is 9.93. The Morgan fingerprint density at radius 1 is 1.02 bits per heavy atom. The van der Waals surface area contributed by atoms with Gasteiger partial charge in [-0.2, -0.15) is 0 Å². The molecule has 0 saturated carbocycles. The number of ether oxygens (including phenoxy) is 1. The molecule has 3 heterocycles. The lowest BCUT2D eigenvalue weighted by Crippen LogP contribution is -2.10.